The van der Waals surface area contributed by atoms with Gasteiger partial charge in [-0.1, -0.05) is 0 Å². The van der Waals surface area contributed by atoms with Crippen molar-refractivity contribution < 1.29 is 57.3 Å². The molecule has 8 nitrogen and oxygen atoms in total. The Morgan fingerprint density at radius 3 is 1.17 bits per heavy atom. The number of benzene rings is 2. The van der Waals surface area contributed by atoms with Gasteiger partial charge in [0.15, 0.2) is 0 Å². The molecular formula is C14H12FeO8. The second-order valence-corrected chi connectivity index (χ2v) is 4.01. The molecule has 0 fully saturated rings. The molecule has 2 rings (SSSR count). The SMILES string of the molecule is O=C(O)c1cc(O)ccc1O.O=C(O)c1cc(O)ccc1O.[Fe]. The average Bonchev–Trinajstić information content (AvgIpc) is 2.44. The van der Waals surface area contributed by atoms with Crippen LogP contribution in [0.3, 0.4) is 0 Å². The Bertz CT molecular complexity index is 652. The summed E-state index contributed by atoms with van der Waals surface area (Å²) < 4.78 is 0. The smallest absolute Gasteiger partial charge is 0.339 e. The van der Waals surface area contributed by atoms with Gasteiger partial charge in [-0.25, -0.2) is 9.59 Å². The molecule has 2 aromatic carbocycles. The normalized spacial score (nSPS) is 9.04. The van der Waals surface area contributed by atoms with Gasteiger partial charge in [0.2, 0.25) is 0 Å². The van der Waals surface area contributed by atoms with Gasteiger partial charge in [-0.15, -0.1) is 0 Å². The van der Waals surface area contributed by atoms with Gasteiger partial charge in [-0.05, 0) is 36.4 Å². The van der Waals surface area contributed by atoms with E-state index in [4.69, 9.17) is 30.6 Å². The van der Waals surface area contributed by atoms with Crippen molar-refractivity contribution in [3.8, 4) is 23.0 Å². The first kappa shape index (κ1) is 20.1. The molecule has 0 radical (unpaired) electrons. The Balaban J connectivity index is 0.000000403. The molecule has 0 aliphatic rings. The number of rotatable bonds is 2. The molecular weight excluding hydrogens is 352 g/mol. The fourth-order valence-corrected chi connectivity index (χ4v) is 1.39. The standard InChI is InChI=1S/2C7H6O4.Fe/c2*8-4-1-2-6(9)5(3-4)7(10)11;/h2*1-3,8-9H,(H,10,11);. The number of carboxylic acids is 2. The quantitative estimate of drug-likeness (QED) is 0.347. The molecule has 0 amide bonds. The summed E-state index contributed by atoms with van der Waals surface area (Å²) in [5.74, 6) is -3.59. The van der Waals surface area contributed by atoms with Gasteiger partial charge in [-0.2, -0.15) is 0 Å². The fourth-order valence-electron chi connectivity index (χ4n) is 1.39. The molecule has 0 aliphatic carbocycles. The van der Waals surface area contributed by atoms with E-state index in [2.05, 4.69) is 0 Å². The molecule has 2 aromatic rings. The van der Waals surface area contributed by atoms with E-state index in [1.165, 1.54) is 12.1 Å². The van der Waals surface area contributed by atoms with Crippen molar-refractivity contribution in [2.24, 2.45) is 0 Å². The number of aromatic hydroxyl groups is 4. The summed E-state index contributed by atoms with van der Waals surface area (Å²) in [6, 6.07) is 6.64. The van der Waals surface area contributed by atoms with Crippen LogP contribution in [0.5, 0.6) is 23.0 Å². The molecule has 0 saturated carbocycles. The third-order valence-corrected chi connectivity index (χ3v) is 2.42. The van der Waals surface area contributed by atoms with Gasteiger partial charge in [0.1, 0.15) is 34.1 Å². The zero-order valence-corrected chi connectivity index (χ0v) is 12.4. The van der Waals surface area contributed by atoms with Crippen molar-refractivity contribution in [1.29, 1.82) is 0 Å². The second kappa shape index (κ2) is 8.52. The van der Waals surface area contributed by atoms with Crippen LogP contribution in [0.1, 0.15) is 20.7 Å². The molecule has 0 atom stereocenters. The summed E-state index contributed by atoms with van der Waals surface area (Å²) in [4.78, 5) is 20.6. The van der Waals surface area contributed by atoms with Crippen molar-refractivity contribution in [2.45, 2.75) is 0 Å². The van der Waals surface area contributed by atoms with Crippen LogP contribution in [-0.2, 0) is 17.1 Å². The van der Waals surface area contributed by atoms with E-state index in [-0.39, 0.29) is 51.2 Å². The minimum absolute atomic E-state index is 0. The van der Waals surface area contributed by atoms with Crippen LogP contribution in [-0.4, -0.2) is 42.6 Å². The Morgan fingerprint density at radius 1 is 0.652 bits per heavy atom. The number of carboxylic acid groups (broad SMARTS) is 2. The van der Waals surface area contributed by atoms with E-state index in [9.17, 15) is 9.59 Å². The van der Waals surface area contributed by atoms with E-state index in [0.717, 1.165) is 24.3 Å². The van der Waals surface area contributed by atoms with Gasteiger partial charge >= 0.3 is 11.9 Å². The van der Waals surface area contributed by atoms with Crippen LogP contribution < -0.4 is 0 Å². The summed E-state index contributed by atoms with van der Waals surface area (Å²) in [6.07, 6.45) is 0. The summed E-state index contributed by atoms with van der Waals surface area (Å²) in [5, 5.41) is 52.3. The van der Waals surface area contributed by atoms with E-state index in [1.54, 1.807) is 0 Å². The van der Waals surface area contributed by atoms with Gasteiger partial charge in [0, 0.05) is 17.1 Å². The molecule has 0 unspecified atom stereocenters. The maximum atomic E-state index is 10.3. The van der Waals surface area contributed by atoms with Crippen LogP contribution in [0, 0.1) is 0 Å². The number of phenols is 4. The van der Waals surface area contributed by atoms with Crippen molar-refractivity contribution in [3.63, 3.8) is 0 Å². The first-order valence-corrected chi connectivity index (χ1v) is 5.73. The Labute approximate surface area is 140 Å². The van der Waals surface area contributed by atoms with Crippen LogP contribution in [0.4, 0.5) is 0 Å². The largest absolute Gasteiger partial charge is 0.508 e. The predicted octanol–water partition coefficient (Wildman–Crippen LogP) is 1.59. The Hall–Kier alpha value is -2.90. The molecule has 0 aliphatic heterocycles. The zero-order valence-electron chi connectivity index (χ0n) is 11.3. The van der Waals surface area contributed by atoms with Crippen LogP contribution >= 0.6 is 0 Å². The molecule has 124 valence electrons. The zero-order chi connectivity index (χ0) is 16.9. The van der Waals surface area contributed by atoms with E-state index < -0.39 is 11.9 Å². The number of hydrogen-bond donors (Lipinski definition) is 6. The topological polar surface area (TPSA) is 156 Å². The fraction of sp³-hybridized carbons (Fsp3) is 0. The first-order valence-electron chi connectivity index (χ1n) is 5.73. The molecule has 0 heterocycles. The van der Waals surface area contributed by atoms with Crippen molar-refractivity contribution in [3.05, 3.63) is 47.5 Å². The Kier molecular flexibility index (Phi) is 7.45. The van der Waals surface area contributed by atoms with Crippen LogP contribution in [0.15, 0.2) is 36.4 Å². The third-order valence-electron chi connectivity index (χ3n) is 2.42. The van der Waals surface area contributed by atoms with Crippen LogP contribution in [0.2, 0.25) is 0 Å². The van der Waals surface area contributed by atoms with E-state index in [1.807, 2.05) is 0 Å². The maximum Gasteiger partial charge on any atom is 0.339 e. The number of carbonyl (C=O) groups is 2. The number of aromatic carboxylic acids is 2. The summed E-state index contributed by atoms with van der Waals surface area (Å²) in [7, 11) is 0. The minimum atomic E-state index is -1.27. The van der Waals surface area contributed by atoms with Crippen LogP contribution in [0.25, 0.3) is 0 Å². The van der Waals surface area contributed by atoms with Crippen molar-refractivity contribution >= 4 is 11.9 Å². The number of hydrogen-bond acceptors (Lipinski definition) is 6. The van der Waals surface area contributed by atoms with Crippen molar-refractivity contribution in [2.75, 3.05) is 0 Å². The van der Waals surface area contributed by atoms with E-state index in [0.29, 0.717) is 0 Å². The molecule has 23 heavy (non-hydrogen) atoms. The van der Waals surface area contributed by atoms with E-state index >= 15 is 0 Å². The summed E-state index contributed by atoms with van der Waals surface area (Å²) >= 11 is 0. The molecule has 0 bridgehead atoms. The molecule has 0 spiro atoms. The monoisotopic (exact) mass is 364 g/mol. The van der Waals surface area contributed by atoms with Gasteiger partial charge in [0.05, 0.1) is 0 Å². The Morgan fingerprint density at radius 2 is 0.957 bits per heavy atom. The number of phenolic OH excluding ortho intramolecular Hbond substituents is 2. The minimum Gasteiger partial charge on any atom is -0.508 e. The van der Waals surface area contributed by atoms with Gasteiger partial charge in [-0.3, -0.25) is 0 Å². The average molecular weight is 364 g/mol. The van der Waals surface area contributed by atoms with Gasteiger partial charge < -0.3 is 30.6 Å². The predicted molar refractivity (Wildman–Crippen MR) is 73.5 cm³/mol. The molecule has 0 saturated heterocycles. The van der Waals surface area contributed by atoms with Gasteiger partial charge in [0.25, 0.3) is 0 Å². The van der Waals surface area contributed by atoms with Crippen molar-refractivity contribution in [1.82, 2.24) is 0 Å². The summed E-state index contributed by atoms with van der Waals surface area (Å²) in [6.45, 7) is 0. The second-order valence-electron chi connectivity index (χ2n) is 4.01. The molecule has 6 N–H and O–H groups in total. The maximum absolute atomic E-state index is 10.3. The summed E-state index contributed by atoms with van der Waals surface area (Å²) in [5.41, 5.74) is -0.602. The molecule has 9 heteroatoms. The third kappa shape index (κ3) is 5.77. The first-order chi connectivity index (χ1) is 10.2. The molecule has 0 aromatic heterocycles.